The SMILES string of the molecule is COc1ccc(NC(=O)c2ccc(NC(=O)COC(=O)/C=C/c3ccc(OS(=O)(=O)c4cc(C)ccc4C)c(OC)c3)cc2)cc1. The number of hydrogen-bond acceptors (Lipinski definition) is 9. The molecule has 0 saturated carbocycles. The van der Waals surface area contributed by atoms with Gasteiger partial charge in [0.05, 0.1) is 14.2 Å². The second-order valence-electron chi connectivity index (χ2n) is 9.97. The molecule has 2 amide bonds. The van der Waals surface area contributed by atoms with Crippen molar-refractivity contribution in [3.05, 3.63) is 113 Å². The molecule has 0 aromatic heterocycles. The van der Waals surface area contributed by atoms with Gasteiger partial charge in [0.1, 0.15) is 10.6 Å². The Hall–Kier alpha value is -5.62. The van der Waals surface area contributed by atoms with Crippen molar-refractivity contribution in [2.45, 2.75) is 18.7 Å². The largest absolute Gasteiger partial charge is 0.497 e. The smallest absolute Gasteiger partial charge is 0.339 e. The van der Waals surface area contributed by atoms with Crippen LogP contribution in [0.4, 0.5) is 11.4 Å². The molecule has 46 heavy (non-hydrogen) atoms. The van der Waals surface area contributed by atoms with Gasteiger partial charge in [0.25, 0.3) is 11.8 Å². The Labute approximate surface area is 266 Å². The van der Waals surface area contributed by atoms with Gasteiger partial charge in [-0.1, -0.05) is 18.2 Å². The number of hydrogen-bond donors (Lipinski definition) is 2. The number of methoxy groups -OCH3 is 2. The quantitative estimate of drug-likeness (QED) is 0.115. The van der Waals surface area contributed by atoms with Crippen LogP contribution in [0.2, 0.25) is 0 Å². The minimum atomic E-state index is -4.13. The molecule has 0 fully saturated rings. The standard InChI is InChI=1S/C34H32N2O9S/c1-22-5-6-23(2)31(19-22)46(40,41)45-29-17-7-24(20-30(29)43-4)8-18-33(38)44-21-32(37)35-26-11-9-25(10-12-26)34(39)36-27-13-15-28(42-3)16-14-27/h5-20H,21H2,1-4H3,(H,35,37)(H,36,39)/b18-8+. The predicted molar refractivity (Wildman–Crippen MR) is 173 cm³/mol. The first-order chi connectivity index (χ1) is 22.0. The van der Waals surface area contributed by atoms with Gasteiger partial charge in [-0.25, -0.2) is 4.79 Å². The van der Waals surface area contributed by atoms with Crippen LogP contribution in [0.1, 0.15) is 27.0 Å². The number of ether oxygens (including phenoxy) is 3. The average molecular weight is 645 g/mol. The zero-order chi connectivity index (χ0) is 33.3. The van der Waals surface area contributed by atoms with Crippen LogP contribution in [0.15, 0.2) is 95.9 Å². The van der Waals surface area contributed by atoms with Gasteiger partial charge in [-0.3, -0.25) is 9.59 Å². The fraction of sp³-hybridized carbons (Fsp3) is 0.147. The van der Waals surface area contributed by atoms with Gasteiger partial charge in [0.15, 0.2) is 18.1 Å². The third-order valence-corrected chi connectivity index (χ3v) is 7.91. The van der Waals surface area contributed by atoms with Gasteiger partial charge in [0, 0.05) is 23.0 Å². The van der Waals surface area contributed by atoms with Crippen LogP contribution in [0, 0.1) is 13.8 Å². The third-order valence-electron chi connectivity index (χ3n) is 6.54. The summed E-state index contributed by atoms with van der Waals surface area (Å²) < 4.78 is 46.6. The van der Waals surface area contributed by atoms with Gasteiger partial charge in [-0.2, -0.15) is 8.42 Å². The molecule has 4 rings (SSSR count). The number of carbonyl (C=O) groups is 3. The van der Waals surface area contributed by atoms with Crippen LogP contribution in [0.25, 0.3) is 6.08 Å². The van der Waals surface area contributed by atoms with Crippen LogP contribution in [0.5, 0.6) is 17.2 Å². The molecule has 2 N–H and O–H groups in total. The van der Waals surface area contributed by atoms with Crippen molar-refractivity contribution in [3.8, 4) is 17.2 Å². The molecule has 0 aliphatic rings. The summed E-state index contributed by atoms with van der Waals surface area (Å²) in [5.74, 6) is -0.908. The molecule has 0 unspecified atom stereocenters. The summed E-state index contributed by atoms with van der Waals surface area (Å²) in [4.78, 5) is 37.1. The molecule has 0 radical (unpaired) electrons. The summed E-state index contributed by atoms with van der Waals surface area (Å²) in [6.45, 7) is 2.91. The van der Waals surface area contributed by atoms with Crippen LogP contribution >= 0.6 is 0 Å². The van der Waals surface area contributed by atoms with E-state index in [0.717, 1.165) is 11.6 Å². The monoisotopic (exact) mass is 644 g/mol. The van der Waals surface area contributed by atoms with Crippen molar-refractivity contribution in [1.29, 1.82) is 0 Å². The minimum absolute atomic E-state index is 0.0225. The molecule has 238 valence electrons. The fourth-order valence-corrected chi connectivity index (χ4v) is 5.38. The Morgan fingerprint density at radius 1 is 0.761 bits per heavy atom. The Kier molecular flexibility index (Phi) is 10.8. The summed E-state index contributed by atoms with van der Waals surface area (Å²) in [6.07, 6.45) is 2.53. The van der Waals surface area contributed by atoms with Crippen LogP contribution in [-0.2, 0) is 24.4 Å². The first kappa shape index (κ1) is 33.3. The van der Waals surface area contributed by atoms with Crippen LogP contribution < -0.4 is 24.3 Å². The minimum Gasteiger partial charge on any atom is -0.497 e. The number of anilines is 2. The second kappa shape index (κ2) is 14.9. The van der Waals surface area contributed by atoms with Crippen molar-refractivity contribution < 1.29 is 41.2 Å². The molecule has 0 spiro atoms. The first-order valence-electron chi connectivity index (χ1n) is 13.9. The van der Waals surface area contributed by atoms with E-state index in [0.29, 0.717) is 33.8 Å². The number of esters is 1. The molecule has 0 atom stereocenters. The second-order valence-corrected chi connectivity index (χ2v) is 11.5. The zero-order valence-electron chi connectivity index (χ0n) is 25.5. The highest BCUT2D eigenvalue weighted by atomic mass is 32.2. The van der Waals surface area contributed by atoms with Crippen LogP contribution in [-0.4, -0.2) is 47.0 Å². The summed E-state index contributed by atoms with van der Waals surface area (Å²) in [5, 5.41) is 5.36. The van der Waals surface area contributed by atoms with Crippen molar-refractivity contribution >= 4 is 45.4 Å². The lowest BCUT2D eigenvalue weighted by molar-refractivity contribution is -0.142. The van der Waals surface area contributed by atoms with Crippen molar-refractivity contribution in [2.75, 3.05) is 31.5 Å². The van der Waals surface area contributed by atoms with E-state index in [4.69, 9.17) is 18.4 Å². The van der Waals surface area contributed by atoms with E-state index in [1.54, 1.807) is 81.6 Å². The molecule has 12 heteroatoms. The summed E-state index contributed by atoms with van der Waals surface area (Å²) in [7, 11) is -1.21. The van der Waals surface area contributed by atoms with Crippen LogP contribution in [0.3, 0.4) is 0 Å². The van der Waals surface area contributed by atoms with E-state index in [2.05, 4.69) is 10.6 Å². The molecule has 0 aliphatic heterocycles. The fourth-order valence-electron chi connectivity index (χ4n) is 4.13. The number of benzene rings is 4. The van der Waals surface area contributed by atoms with Gasteiger partial charge in [-0.05, 0) is 103 Å². The molecule has 0 saturated heterocycles. The average Bonchev–Trinajstić information content (AvgIpc) is 3.04. The van der Waals surface area contributed by atoms with E-state index in [1.165, 1.54) is 37.5 Å². The maximum Gasteiger partial charge on any atom is 0.339 e. The topological polar surface area (TPSA) is 146 Å². The number of rotatable bonds is 12. The van der Waals surface area contributed by atoms with Crippen molar-refractivity contribution in [3.63, 3.8) is 0 Å². The number of carbonyl (C=O) groups excluding carboxylic acids is 3. The first-order valence-corrected chi connectivity index (χ1v) is 15.3. The van der Waals surface area contributed by atoms with E-state index in [-0.39, 0.29) is 22.3 Å². The van der Waals surface area contributed by atoms with Gasteiger partial charge in [0.2, 0.25) is 0 Å². The summed E-state index contributed by atoms with van der Waals surface area (Å²) in [6, 6.07) is 22.6. The van der Waals surface area contributed by atoms with E-state index < -0.39 is 28.6 Å². The zero-order valence-corrected chi connectivity index (χ0v) is 26.3. The Bertz CT molecular complexity index is 1870. The van der Waals surface area contributed by atoms with Gasteiger partial charge < -0.3 is 29.0 Å². The Morgan fingerprint density at radius 3 is 2.11 bits per heavy atom. The molecule has 0 heterocycles. The van der Waals surface area contributed by atoms with Crippen molar-refractivity contribution in [1.82, 2.24) is 0 Å². The molecule has 4 aromatic rings. The Morgan fingerprint density at radius 2 is 1.43 bits per heavy atom. The lowest BCUT2D eigenvalue weighted by Crippen LogP contribution is -2.20. The highest BCUT2D eigenvalue weighted by Gasteiger charge is 2.21. The molecule has 4 aromatic carbocycles. The number of aryl methyl sites for hydroxylation is 2. The van der Waals surface area contributed by atoms with Crippen molar-refractivity contribution in [2.24, 2.45) is 0 Å². The highest BCUT2D eigenvalue weighted by Crippen LogP contribution is 2.32. The molecule has 0 aliphatic carbocycles. The summed E-state index contributed by atoms with van der Waals surface area (Å²) >= 11 is 0. The highest BCUT2D eigenvalue weighted by molar-refractivity contribution is 7.87. The number of amides is 2. The molecule has 0 bridgehead atoms. The van der Waals surface area contributed by atoms with E-state index in [1.807, 2.05) is 0 Å². The van der Waals surface area contributed by atoms with Gasteiger partial charge in [-0.15, -0.1) is 0 Å². The molecular weight excluding hydrogens is 612 g/mol. The lowest BCUT2D eigenvalue weighted by atomic mass is 10.2. The van der Waals surface area contributed by atoms with E-state index >= 15 is 0 Å². The maximum absolute atomic E-state index is 12.9. The van der Waals surface area contributed by atoms with Gasteiger partial charge >= 0.3 is 16.1 Å². The molecular formula is C34H32N2O9S. The lowest BCUT2D eigenvalue weighted by Gasteiger charge is -2.13. The normalized spacial score (nSPS) is 11.0. The third kappa shape index (κ3) is 8.96. The predicted octanol–water partition coefficient (Wildman–Crippen LogP) is 5.54. The molecule has 11 nitrogen and oxygen atoms in total. The maximum atomic E-state index is 12.9. The van der Waals surface area contributed by atoms with E-state index in [9.17, 15) is 22.8 Å². The number of nitrogens with one attached hydrogen (secondary N) is 2. The Balaban J connectivity index is 1.28. The summed E-state index contributed by atoms with van der Waals surface area (Å²) in [5.41, 5.74) is 3.19.